The minimum absolute atomic E-state index is 0.358. The molecule has 0 atom stereocenters. The minimum atomic E-state index is -0.580. The molecule has 21 heavy (non-hydrogen) atoms. The van der Waals surface area contributed by atoms with Crippen LogP contribution in [-0.4, -0.2) is 11.9 Å². The molecule has 0 aliphatic carbocycles. The van der Waals surface area contributed by atoms with E-state index < -0.39 is 11.9 Å². The number of amides is 1. The maximum atomic E-state index is 12.6. The smallest absolute Gasteiger partial charge is 0.330 e. The van der Waals surface area contributed by atoms with Crippen molar-refractivity contribution in [1.29, 1.82) is 0 Å². The molecule has 1 aromatic heterocycles. The summed E-state index contributed by atoms with van der Waals surface area (Å²) in [5.74, 6) is 0.0622. The third-order valence-electron chi connectivity index (χ3n) is 2.74. The van der Waals surface area contributed by atoms with Crippen LogP contribution in [0.1, 0.15) is 28.8 Å². The molecule has 0 fully saturated rings. The molecule has 0 saturated carbocycles. The van der Waals surface area contributed by atoms with Crippen molar-refractivity contribution in [1.82, 2.24) is 0 Å². The standard InChI is InChI=1S/C15H14BrNO4/c1-9-8-14(10(2)20-9)15(19)17(21-11(3)18)13-6-4-12(16)5-7-13/h4-8H,1-3H3. The van der Waals surface area contributed by atoms with E-state index in [0.29, 0.717) is 22.8 Å². The van der Waals surface area contributed by atoms with E-state index >= 15 is 0 Å². The summed E-state index contributed by atoms with van der Waals surface area (Å²) >= 11 is 3.32. The molecule has 0 saturated heterocycles. The minimum Gasteiger partial charge on any atom is -0.466 e. The number of anilines is 1. The van der Waals surface area contributed by atoms with E-state index in [2.05, 4.69) is 15.9 Å². The largest absolute Gasteiger partial charge is 0.466 e. The third-order valence-corrected chi connectivity index (χ3v) is 3.27. The van der Waals surface area contributed by atoms with Gasteiger partial charge in [-0.05, 0) is 44.2 Å². The summed E-state index contributed by atoms with van der Waals surface area (Å²) in [6, 6.07) is 8.48. The maximum Gasteiger partial charge on any atom is 0.330 e. The highest BCUT2D eigenvalue weighted by molar-refractivity contribution is 9.10. The summed E-state index contributed by atoms with van der Waals surface area (Å²) in [6.45, 7) is 4.68. The lowest BCUT2D eigenvalue weighted by Crippen LogP contribution is -2.33. The first-order chi connectivity index (χ1) is 9.88. The van der Waals surface area contributed by atoms with Crippen molar-refractivity contribution >= 4 is 33.5 Å². The van der Waals surface area contributed by atoms with Crippen molar-refractivity contribution in [3.63, 3.8) is 0 Å². The Morgan fingerprint density at radius 1 is 1.19 bits per heavy atom. The summed E-state index contributed by atoms with van der Waals surface area (Å²) in [4.78, 5) is 28.9. The van der Waals surface area contributed by atoms with Crippen LogP contribution in [0.5, 0.6) is 0 Å². The van der Waals surface area contributed by atoms with E-state index in [-0.39, 0.29) is 0 Å². The van der Waals surface area contributed by atoms with Crippen molar-refractivity contribution in [2.45, 2.75) is 20.8 Å². The predicted octanol–water partition coefficient (Wildman–Crippen LogP) is 3.78. The van der Waals surface area contributed by atoms with Crippen LogP contribution in [0.25, 0.3) is 0 Å². The fourth-order valence-electron chi connectivity index (χ4n) is 1.87. The molecule has 0 N–H and O–H groups in total. The highest BCUT2D eigenvalue weighted by Gasteiger charge is 2.24. The van der Waals surface area contributed by atoms with Gasteiger partial charge < -0.3 is 9.25 Å². The zero-order valence-electron chi connectivity index (χ0n) is 11.8. The summed E-state index contributed by atoms with van der Waals surface area (Å²) < 4.78 is 6.21. The number of hydrogen-bond donors (Lipinski definition) is 0. The van der Waals surface area contributed by atoms with Crippen LogP contribution >= 0.6 is 15.9 Å². The van der Waals surface area contributed by atoms with Gasteiger partial charge in [-0.2, -0.15) is 0 Å². The number of benzene rings is 1. The topological polar surface area (TPSA) is 59.8 Å². The molecule has 1 amide bonds. The van der Waals surface area contributed by atoms with E-state index in [1.165, 1.54) is 6.92 Å². The predicted molar refractivity (Wildman–Crippen MR) is 80.9 cm³/mol. The number of carbonyl (C=O) groups is 2. The Kier molecular flexibility index (Phi) is 4.47. The lowest BCUT2D eigenvalue weighted by Gasteiger charge is -2.20. The first-order valence-electron chi connectivity index (χ1n) is 6.24. The van der Waals surface area contributed by atoms with Gasteiger partial charge in [0.15, 0.2) is 0 Å². The van der Waals surface area contributed by atoms with Crippen LogP contribution in [0.4, 0.5) is 5.69 Å². The molecule has 2 rings (SSSR count). The van der Waals surface area contributed by atoms with Crippen molar-refractivity contribution in [3.05, 3.63) is 51.9 Å². The number of carbonyl (C=O) groups excluding carboxylic acids is 2. The lowest BCUT2D eigenvalue weighted by molar-refractivity contribution is -0.141. The fraction of sp³-hybridized carbons (Fsp3) is 0.200. The van der Waals surface area contributed by atoms with Gasteiger partial charge in [0.1, 0.15) is 11.5 Å². The summed E-state index contributed by atoms with van der Waals surface area (Å²) in [5, 5.41) is 0.964. The maximum absolute atomic E-state index is 12.6. The molecule has 0 aliphatic rings. The van der Waals surface area contributed by atoms with Crippen molar-refractivity contribution in [2.75, 3.05) is 5.06 Å². The van der Waals surface area contributed by atoms with Crippen LogP contribution in [-0.2, 0) is 9.63 Å². The fourth-order valence-corrected chi connectivity index (χ4v) is 2.13. The molecule has 1 aromatic carbocycles. The van der Waals surface area contributed by atoms with E-state index in [9.17, 15) is 9.59 Å². The third kappa shape index (κ3) is 3.52. The van der Waals surface area contributed by atoms with Crippen LogP contribution in [0.2, 0.25) is 0 Å². The van der Waals surface area contributed by atoms with E-state index in [0.717, 1.165) is 9.54 Å². The number of furan rings is 1. The van der Waals surface area contributed by atoms with Gasteiger partial charge in [0.05, 0.1) is 11.3 Å². The first-order valence-corrected chi connectivity index (χ1v) is 7.03. The summed E-state index contributed by atoms with van der Waals surface area (Å²) in [6.07, 6.45) is 0. The second-order valence-corrected chi connectivity index (χ2v) is 5.40. The van der Waals surface area contributed by atoms with Gasteiger partial charge in [0.2, 0.25) is 0 Å². The number of rotatable bonds is 2. The highest BCUT2D eigenvalue weighted by atomic mass is 79.9. The molecule has 0 radical (unpaired) electrons. The Morgan fingerprint density at radius 3 is 2.29 bits per heavy atom. The van der Waals surface area contributed by atoms with Crippen LogP contribution < -0.4 is 5.06 Å². The zero-order valence-corrected chi connectivity index (χ0v) is 13.4. The summed E-state index contributed by atoms with van der Waals surface area (Å²) in [5.41, 5.74) is 0.813. The zero-order chi connectivity index (χ0) is 15.6. The molecular formula is C15H14BrNO4. The first kappa shape index (κ1) is 15.3. The van der Waals surface area contributed by atoms with Gasteiger partial charge in [0.25, 0.3) is 5.91 Å². The van der Waals surface area contributed by atoms with Crippen molar-refractivity contribution in [3.8, 4) is 0 Å². The number of aryl methyl sites for hydroxylation is 2. The van der Waals surface area contributed by atoms with Crippen LogP contribution in [0, 0.1) is 13.8 Å². The van der Waals surface area contributed by atoms with E-state index in [1.54, 1.807) is 44.2 Å². The Hall–Kier alpha value is -2.08. The summed E-state index contributed by atoms with van der Waals surface area (Å²) in [7, 11) is 0. The van der Waals surface area contributed by atoms with Gasteiger partial charge in [-0.3, -0.25) is 4.79 Å². The molecule has 6 heteroatoms. The molecule has 0 aliphatic heterocycles. The van der Waals surface area contributed by atoms with Crippen LogP contribution in [0.3, 0.4) is 0 Å². The molecule has 5 nitrogen and oxygen atoms in total. The van der Waals surface area contributed by atoms with E-state index in [4.69, 9.17) is 9.25 Å². The number of hydroxylamine groups is 1. The Balaban J connectivity index is 2.40. The van der Waals surface area contributed by atoms with Crippen molar-refractivity contribution < 1.29 is 18.8 Å². The highest BCUT2D eigenvalue weighted by Crippen LogP contribution is 2.23. The normalized spacial score (nSPS) is 10.3. The average molecular weight is 352 g/mol. The SMILES string of the molecule is CC(=O)ON(C(=O)c1cc(C)oc1C)c1ccc(Br)cc1. The Labute approximate surface area is 130 Å². The molecular weight excluding hydrogens is 338 g/mol. The molecule has 2 aromatic rings. The second-order valence-electron chi connectivity index (χ2n) is 4.49. The number of halogens is 1. The number of hydrogen-bond acceptors (Lipinski definition) is 4. The van der Waals surface area contributed by atoms with Gasteiger partial charge in [-0.1, -0.05) is 15.9 Å². The van der Waals surface area contributed by atoms with Gasteiger partial charge >= 0.3 is 5.97 Å². The van der Waals surface area contributed by atoms with Gasteiger partial charge in [-0.15, -0.1) is 5.06 Å². The van der Waals surface area contributed by atoms with Gasteiger partial charge in [-0.25, -0.2) is 4.79 Å². The molecule has 110 valence electrons. The number of nitrogens with zero attached hydrogens (tertiary/aromatic N) is 1. The molecule has 1 heterocycles. The lowest BCUT2D eigenvalue weighted by atomic mass is 10.2. The second kappa shape index (κ2) is 6.13. The van der Waals surface area contributed by atoms with E-state index in [1.807, 2.05) is 0 Å². The van der Waals surface area contributed by atoms with Gasteiger partial charge in [0, 0.05) is 11.4 Å². The molecule has 0 spiro atoms. The van der Waals surface area contributed by atoms with Crippen LogP contribution in [0.15, 0.2) is 39.2 Å². The molecule has 0 bridgehead atoms. The average Bonchev–Trinajstić information content (AvgIpc) is 2.75. The Bertz CT molecular complexity index is 675. The molecule has 0 unspecified atom stereocenters. The van der Waals surface area contributed by atoms with Crippen molar-refractivity contribution in [2.24, 2.45) is 0 Å². The Morgan fingerprint density at radius 2 is 1.81 bits per heavy atom. The quantitative estimate of drug-likeness (QED) is 0.772. The monoisotopic (exact) mass is 351 g/mol.